The maximum Gasteiger partial charge on any atom is 0.231 e. The zero-order chi connectivity index (χ0) is 18.8. The highest BCUT2D eigenvalue weighted by molar-refractivity contribution is 7.22. The van der Waals surface area contributed by atoms with Gasteiger partial charge < -0.3 is 15.1 Å². The van der Waals surface area contributed by atoms with E-state index in [-0.39, 0.29) is 28.4 Å². The normalized spacial score (nSPS) is 18.0. The molecular formula is C17H20F2N4O2S. The molecule has 1 unspecified atom stereocenters. The molecule has 1 aliphatic rings. The second kappa shape index (κ2) is 7.63. The number of fused-ring (bicyclic) bond motifs is 1. The first kappa shape index (κ1) is 18.7. The maximum absolute atomic E-state index is 13.7. The number of nitrogens with zero attached hydrogens (tertiary/aromatic N) is 3. The van der Waals surface area contributed by atoms with E-state index in [1.807, 2.05) is 19.0 Å². The molecule has 0 saturated carbocycles. The van der Waals surface area contributed by atoms with Gasteiger partial charge >= 0.3 is 0 Å². The van der Waals surface area contributed by atoms with Crippen molar-refractivity contribution < 1.29 is 18.4 Å². The quantitative estimate of drug-likeness (QED) is 0.862. The van der Waals surface area contributed by atoms with Crippen LogP contribution in [-0.4, -0.2) is 60.3 Å². The summed E-state index contributed by atoms with van der Waals surface area (Å²) >= 11 is 1.02. The highest BCUT2D eigenvalue weighted by Gasteiger charge is 2.30. The Labute approximate surface area is 153 Å². The molecule has 3 rings (SSSR count). The van der Waals surface area contributed by atoms with Crippen LogP contribution in [0.2, 0.25) is 0 Å². The van der Waals surface area contributed by atoms with Gasteiger partial charge in [-0.3, -0.25) is 9.59 Å². The molecule has 1 saturated heterocycles. The summed E-state index contributed by atoms with van der Waals surface area (Å²) < 4.78 is 27.4. The number of hydrogen-bond donors (Lipinski definition) is 1. The third kappa shape index (κ3) is 4.16. The van der Waals surface area contributed by atoms with E-state index in [9.17, 15) is 18.4 Å². The Morgan fingerprint density at radius 1 is 1.42 bits per heavy atom. The van der Waals surface area contributed by atoms with Gasteiger partial charge in [0.15, 0.2) is 10.9 Å². The molecule has 1 N–H and O–H groups in total. The fourth-order valence-corrected chi connectivity index (χ4v) is 3.79. The van der Waals surface area contributed by atoms with Crippen molar-refractivity contribution in [3.8, 4) is 0 Å². The number of aromatic nitrogens is 1. The van der Waals surface area contributed by atoms with E-state index in [0.717, 1.165) is 23.9 Å². The van der Waals surface area contributed by atoms with Crippen LogP contribution in [0.3, 0.4) is 0 Å². The predicted molar refractivity (Wildman–Crippen MR) is 96.0 cm³/mol. The number of carbonyl (C=O) groups is 2. The zero-order valence-corrected chi connectivity index (χ0v) is 15.4. The van der Waals surface area contributed by atoms with Gasteiger partial charge in [0.25, 0.3) is 0 Å². The molecule has 1 atom stereocenters. The van der Waals surface area contributed by atoms with Gasteiger partial charge in [0, 0.05) is 32.1 Å². The van der Waals surface area contributed by atoms with Gasteiger partial charge in [-0.2, -0.15) is 0 Å². The van der Waals surface area contributed by atoms with E-state index in [2.05, 4.69) is 10.3 Å². The maximum atomic E-state index is 13.7. The van der Waals surface area contributed by atoms with Crippen molar-refractivity contribution in [1.82, 2.24) is 14.8 Å². The van der Waals surface area contributed by atoms with E-state index < -0.39 is 11.6 Å². The van der Waals surface area contributed by atoms with Crippen molar-refractivity contribution in [1.29, 1.82) is 0 Å². The van der Waals surface area contributed by atoms with Gasteiger partial charge in [-0.1, -0.05) is 11.3 Å². The van der Waals surface area contributed by atoms with Gasteiger partial charge in [-0.25, -0.2) is 13.8 Å². The molecule has 1 fully saturated rings. The summed E-state index contributed by atoms with van der Waals surface area (Å²) in [6.07, 6.45) is 0.794. The minimum absolute atomic E-state index is 0.0399. The zero-order valence-electron chi connectivity index (χ0n) is 14.6. The van der Waals surface area contributed by atoms with E-state index in [4.69, 9.17) is 0 Å². The number of likely N-dealkylation sites (N-methyl/N-ethyl adjacent to an activating group) is 1. The third-order valence-electron chi connectivity index (χ3n) is 4.33. The lowest BCUT2D eigenvalue weighted by molar-refractivity contribution is -0.137. The molecule has 140 valence electrons. The number of likely N-dealkylation sites (tertiary alicyclic amines) is 1. The monoisotopic (exact) mass is 382 g/mol. The summed E-state index contributed by atoms with van der Waals surface area (Å²) in [5.41, 5.74) is 0.0399. The number of piperidine rings is 1. The van der Waals surface area contributed by atoms with Crippen molar-refractivity contribution in [2.75, 3.05) is 39.0 Å². The summed E-state index contributed by atoms with van der Waals surface area (Å²) in [6.45, 7) is 1.65. The Balaban J connectivity index is 1.67. The minimum Gasteiger partial charge on any atom is -0.341 e. The number of anilines is 1. The number of halogens is 2. The molecule has 0 spiro atoms. The second-order valence-electron chi connectivity index (χ2n) is 6.62. The van der Waals surface area contributed by atoms with Gasteiger partial charge in [-0.05, 0) is 26.6 Å². The topological polar surface area (TPSA) is 65.5 Å². The first-order valence-electron chi connectivity index (χ1n) is 8.32. The summed E-state index contributed by atoms with van der Waals surface area (Å²) in [7, 11) is 3.85. The third-order valence-corrected chi connectivity index (χ3v) is 5.25. The van der Waals surface area contributed by atoms with Crippen LogP contribution in [0, 0.1) is 17.6 Å². The molecule has 2 aromatic rings. The summed E-state index contributed by atoms with van der Waals surface area (Å²) in [5, 5.41) is 2.91. The molecule has 2 heterocycles. The smallest absolute Gasteiger partial charge is 0.231 e. The van der Waals surface area contributed by atoms with Crippen LogP contribution < -0.4 is 5.32 Å². The molecule has 1 aromatic carbocycles. The van der Waals surface area contributed by atoms with Crippen LogP contribution in [0.15, 0.2) is 12.1 Å². The first-order chi connectivity index (χ1) is 12.3. The van der Waals surface area contributed by atoms with Crippen LogP contribution >= 0.6 is 11.3 Å². The van der Waals surface area contributed by atoms with E-state index in [1.165, 1.54) is 6.07 Å². The Morgan fingerprint density at radius 2 is 2.19 bits per heavy atom. The van der Waals surface area contributed by atoms with Crippen LogP contribution in [-0.2, 0) is 9.59 Å². The second-order valence-corrected chi connectivity index (χ2v) is 7.65. The molecule has 1 aliphatic heterocycles. The lowest BCUT2D eigenvalue weighted by Crippen LogP contribution is -2.46. The number of benzene rings is 1. The van der Waals surface area contributed by atoms with E-state index >= 15 is 0 Å². The van der Waals surface area contributed by atoms with Crippen LogP contribution in [0.5, 0.6) is 0 Å². The van der Waals surface area contributed by atoms with Gasteiger partial charge in [0.1, 0.15) is 11.3 Å². The number of nitrogens with one attached hydrogen (secondary N) is 1. The minimum atomic E-state index is -0.755. The standard InChI is InChI=1S/C17H20F2N4O2S/c1-22(2)5-6-23-9-10(3-4-14(23)24)16(25)21-17-20-15-12(19)7-11(18)8-13(15)26-17/h7-8,10H,3-6,9H2,1-2H3,(H,20,21,25). The molecule has 26 heavy (non-hydrogen) atoms. The average Bonchev–Trinajstić information content (AvgIpc) is 2.96. The van der Waals surface area contributed by atoms with Crippen molar-refractivity contribution in [3.63, 3.8) is 0 Å². The number of rotatable bonds is 5. The highest BCUT2D eigenvalue weighted by atomic mass is 32.1. The van der Waals surface area contributed by atoms with Crippen LogP contribution in [0.25, 0.3) is 10.2 Å². The number of carbonyl (C=O) groups excluding carboxylic acids is 2. The molecular weight excluding hydrogens is 362 g/mol. The van der Waals surface area contributed by atoms with Crippen LogP contribution in [0.1, 0.15) is 12.8 Å². The average molecular weight is 382 g/mol. The highest BCUT2D eigenvalue weighted by Crippen LogP contribution is 2.29. The number of hydrogen-bond acceptors (Lipinski definition) is 5. The first-order valence-corrected chi connectivity index (χ1v) is 9.14. The van der Waals surface area contributed by atoms with Crippen molar-refractivity contribution in [2.45, 2.75) is 12.8 Å². The Kier molecular flexibility index (Phi) is 5.47. The Morgan fingerprint density at radius 3 is 2.92 bits per heavy atom. The largest absolute Gasteiger partial charge is 0.341 e. The van der Waals surface area contributed by atoms with Gasteiger partial charge in [0.2, 0.25) is 11.8 Å². The number of thiazole rings is 1. The van der Waals surface area contributed by atoms with Crippen molar-refractivity contribution >= 4 is 38.5 Å². The molecule has 0 radical (unpaired) electrons. The SMILES string of the molecule is CN(C)CCN1CC(C(=O)Nc2nc3c(F)cc(F)cc3s2)CCC1=O. The van der Waals surface area contributed by atoms with Crippen LogP contribution in [0.4, 0.5) is 13.9 Å². The molecule has 6 nitrogen and oxygen atoms in total. The Hall–Kier alpha value is -2.13. The molecule has 1 aromatic heterocycles. The lowest BCUT2D eigenvalue weighted by atomic mass is 9.96. The fraction of sp³-hybridized carbons (Fsp3) is 0.471. The Bertz CT molecular complexity index is 840. The molecule has 9 heteroatoms. The summed E-state index contributed by atoms with van der Waals surface area (Å²) in [5.74, 6) is -1.99. The van der Waals surface area contributed by atoms with E-state index in [0.29, 0.717) is 30.6 Å². The summed E-state index contributed by atoms with van der Waals surface area (Å²) in [6, 6.07) is 1.96. The van der Waals surface area contributed by atoms with Gasteiger partial charge in [-0.15, -0.1) is 0 Å². The number of amides is 2. The lowest BCUT2D eigenvalue weighted by Gasteiger charge is -2.32. The van der Waals surface area contributed by atoms with Crippen molar-refractivity contribution in [2.24, 2.45) is 5.92 Å². The molecule has 2 amide bonds. The van der Waals surface area contributed by atoms with Crippen molar-refractivity contribution in [3.05, 3.63) is 23.8 Å². The molecule has 0 aliphatic carbocycles. The van der Waals surface area contributed by atoms with Gasteiger partial charge in [0.05, 0.1) is 10.6 Å². The molecule has 0 bridgehead atoms. The van der Waals surface area contributed by atoms with E-state index in [1.54, 1.807) is 4.90 Å². The summed E-state index contributed by atoms with van der Waals surface area (Å²) in [4.78, 5) is 32.2. The predicted octanol–water partition coefficient (Wildman–Crippen LogP) is 2.31. The fourth-order valence-electron chi connectivity index (χ4n) is 2.88.